The van der Waals surface area contributed by atoms with Gasteiger partial charge in [0.15, 0.2) is 5.52 Å². The highest BCUT2D eigenvalue weighted by Crippen LogP contribution is 1.98. The molecule has 0 saturated heterocycles. The average Bonchev–Trinajstić information content (AvgIpc) is 2.06. The van der Waals surface area contributed by atoms with Gasteiger partial charge in [0.05, 0.1) is 0 Å². The fraction of sp³-hybridized carbons (Fsp3) is 0.167. The first-order valence-electron chi connectivity index (χ1n) is 3.53. The highest BCUT2D eigenvalue weighted by molar-refractivity contribution is 5.68. The number of nitrogens with one attached hydrogen (secondary N) is 1. The summed E-state index contributed by atoms with van der Waals surface area (Å²) >= 11 is 0. The van der Waals surface area contributed by atoms with Gasteiger partial charge in [-0.25, -0.2) is 4.98 Å². The lowest BCUT2D eigenvalue weighted by molar-refractivity contribution is 0.928. The van der Waals surface area contributed by atoms with E-state index in [0.717, 1.165) is 0 Å². The van der Waals surface area contributed by atoms with Crippen LogP contribution in [0.5, 0.6) is 0 Å². The molecule has 0 fully saturated rings. The normalized spacial score (nSPS) is 10.5. The molecule has 2 rings (SSSR count). The molecule has 0 aliphatic rings. The van der Waals surface area contributed by atoms with Crippen molar-refractivity contribution in [1.82, 2.24) is 25.1 Å². The molecule has 2 heterocycles. The second-order valence-corrected chi connectivity index (χ2v) is 2.48. The molecule has 13 heavy (non-hydrogen) atoms. The topological polar surface area (TPSA) is 110 Å². The first-order chi connectivity index (χ1) is 6.16. The van der Waals surface area contributed by atoms with E-state index in [1.54, 1.807) is 6.92 Å². The second-order valence-electron chi connectivity index (χ2n) is 2.48. The summed E-state index contributed by atoms with van der Waals surface area (Å²) in [6.45, 7) is 1.64. The first-order valence-corrected chi connectivity index (χ1v) is 3.53. The minimum Gasteiger partial charge on any atom is -0.369 e. The van der Waals surface area contributed by atoms with Crippen LogP contribution in [0.3, 0.4) is 0 Å². The molecule has 0 aromatic carbocycles. The van der Waals surface area contributed by atoms with E-state index in [1.165, 1.54) is 0 Å². The van der Waals surface area contributed by atoms with Crippen molar-refractivity contribution in [1.29, 1.82) is 0 Å². The van der Waals surface area contributed by atoms with Gasteiger partial charge in [0.25, 0.3) is 5.56 Å². The monoisotopic (exact) mass is 178 g/mol. The number of aromatic nitrogens is 5. The predicted molar refractivity (Wildman–Crippen MR) is 44.9 cm³/mol. The Morgan fingerprint density at radius 1 is 1.31 bits per heavy atom. The van der Waals surface area contributed by atoms with Crippen molar-refractivity contribution in [3.05, 3.63) is 16.2 Å². The summed E-state index contributed by atoms with van der Waals surface area (Å²) in [6, 6.07) is 0. The summed E-state index contributed by atoms with van der Waals surface area (Å²) in [4.78, 5) is 21.2. The number of anilines is 1. The molecule has 66 valence electrons. The van der Waals surface area contributed by atoms with Gasteiger partial charge in [-0.15, -0.1) is 10.2 Å². The summed E-state index contributed by atoms with van der Waals surface area (Å²) in [5.74, 6) is 0.432. The van der Waals surface area contributed by atoms with Crippen LogP contribution in [0.4, 0.5) is 5.95 Å². The molecular weight excluding hydrogens is 172 g/mol. The van der Waals surface area contributed by atoms with Crippen molar-refractivity contribution >= 4 is 17.1 Å². The highest BCUT2D eigenvalue weighted by atomic mass is 16.1. The van der Waals surface area contributed by atoms with E-state index in [9.17, 15) is 4.79 Å². The molecule has 0 aliphatic heterocycles. The molecule has 0 aliphatic carbocycles. The molecular formula is C6H6N6O. The Bertz CT molecular complexity index is 518. The number of hydrogen-bond donors (Lipinski definition) is 2. The summed E-state index contributed by atoms with van der Waals surface area (Å²) < 4.78 is 0. The van der Waals surface area contributed by atoms with Crippen LogP contribution in [-0.2, 0) is 0 Å². The van der Waals surface area contributed by atoms with Crippen LogP contribution in [0.25, 0.3) is 11.2 Å². The Hall–Kier alpha value is -2.05. The van der Waals surface area contributed by atoms with Crippen molar-refractivity contribution in [2.75, 3.05) is 5.73 Å². The molecule has 7 nitrogen and oxygen atoms in total. The maximum atomic E-state index is 11.2. The van der Waals surface area contributed by atoms with Crippen LogP contribution in [0.15, 0.2) is 4.79 Å². The lowest BCUT2D eigenvalue weighted by Gasteiger charge is -1.95. The van der Waals surface area contributed by atoms with Gasteiger partial charge < -0.3 is 5.73 Å². The van der Waals surface area contributed by atoms with Gasteiger partial charge in [0.1, 0.15) is 5.82 Å². The van der Waals surface area contributed by atoms with E-state index in [0.29, 0.717) is 5.82 Å². The van der Waals surface area contributed by atoms with E-state index in [4.69, 9.17) is 5.73 Å². The zero-order valence-electron chi connectivity index (χ0n) is 6.77. The quantitative estimate of drug-likeness (QED) is 0.535. The fourth-order valence-corrected chi connectivity index (χ4v) is 0.946. The molecule has 2 aromatic rings. The molecule has 0 saturated carbocycles. The van der Waals surface area contributed by atoms with Crippen LogP contribution in [-0.4, -0.2) is 25.1 Å². The minimum absolute atomic E-state index is 0.0115. The summed E-state index contributed by atoms with van der Waals surface area (Å²) in [7, 11) is 0. The molecule has 0 amide bonds. The summed E-state index contributed by atoms with van der Waals surface area (Å²) in [5, 5.41) is 7.34. The smallest absolute Gasteiger partial charge is 0.280 e. The zero-order chi connectivity index (χ0) is 9.42. The van der Waals surface area contributed by atoms with Gasteiger partial charge in [-0.3, -0.25) is 9.78 Å². The van der Waals surface area contributed by atoms with Crippen LogP contribution in [0.1, 0.15) is 5.82 Å². The van der Waals surface area contributed by atoms with Crippen molar-refractivity contribution < 1.29 is 0 Å². The number of H-pyrrole nitrogens is 1. The molecule has 3 N–H and O–H groups in total. The Kier molecular flexibility index (Phi) is 1.44. The minimum atomic E-state index is -0.402. The van der Waals surface area contributed by atoms with Crippen LogP contribution < -0.4 is 11.3 Å². The van der Waals surface area contributed by atoms with Crippen molar-refractivity contribution in [3.63, 3.8) is 0 Å². The second kappa shape index (κ2) is 2.47. The van der Waals surface area contributed by atoms with E-state index in [1.807, 2.05) is 0 Å². The molecule has 0 unspecified atom stereocenters. The average molecular weight is 178 g/mol. The van der Waals surface area contributed by atoms with Crippen molar-refractivity contribution in [2.24, 2.45) is 0 Å². The van der Waals surface area contributed by atoms with Crippen molar-refractivity contribution in [2.45, 2.75) is 6.92 Å². The van der Waals surface area contributed by atoms with Gasteiger partial charge >= 0.3 is 0 Å². The number of nitrogens with two attached hydrogens (primary N) is 1. The number of nitrogens with zero attached hydrogens (tertiary/aromatic N) is 4. The number of aromatic amines is 1. The van der Waals surface area contributed by atoms with E-state index in [-0.39, 0.29) is 17.1 Å². The maximum absolute atomic E-state index is 11.2. The summed E-state index contributed by atoms with van der Waals surface area (Å²) in [6.07, 6.45) is 0. The fourth-order valence-electron chi connectivity index (χ4n) is 0.946. The van der Waals surface area contributed by atoms with Gasteiger partial charge in [0, 0.05) is 0 Å². The van der Waals surface area contributed by atoms with Crippen LogP contribution in [0, 0.1) is 6.92 Å². The maximum Gasteiger partial charge on any atom is 0.280 e. The van der Waals surface area contributed by atoms with Crippen molar-refractivity contribution in [3.8, 4) is 0 Å². The first kappa shape index (κ1) is 7.59. The molecule has 0 atom stereocenters. The van der Waals surface area contributed by atoms with Gasteiger partial charge in [-0.05, 0) is 6.92 Å². The third-order valence-corrected chi connectivity index (χ3v) is 1.46. The van der Waals surface area contributed by atoms with E-state index < -0.39 is 5.56 Å². The number of aryl methyl sites for hydroxylation is 1. The Morgan fingerprint density at radius 2 is 2.08 bits per heavy atom. The molecule has 2 aromatic heterocycles. The SMILES string of the molecule is Cc1nnc2nc(N)[nH]c(=O)c2n1. The standard InChI is InChI=1S/C6H6N6O/c1-2-8-3-4(12-11-2)9-6(7)10-5(3)13/h1H3,(H3,7,9,10,12,13). The lowest BCUT2D eigenvalue weighted by Crippen LogP contribution is -2.14. The van der Waals surface area contributed by atoms with Gasteiger partial charge in [-0.2, -0.15) is 4.98 Å². The highest BCUT2D eigenvalue weighted by Gasteiger charge is 2.04. The predicted octanol–water partition coefficient (Wildman–Crippen LogP) is -1.00. The molecule has 7 heteroatoms. The Balaban J connectivity index is 2.95. The molecule has 0 spiro atoms. The van der Waals surface area contributed by atoms with Gasteiger partial charge in [0.2, 0.25) is 11.6 Å². The van der Waals surface area contributed by atoms with Gasteiger partial charge in [-0.1, -0.05) is 0 Å². The zero-order valence-corrected chi connectivity index (χ0v) is 6.77. The Labute approximate surface area is 72.0 Å². The van der Waals surface area contributed by atoms with E-state index >= 15 is 0 Å². The summed E-state index contributed by atoms with van der Waals surface area (Å²) in [5.41, 5.74) is 5.21. The third kappa shape index (κ3) is 1.19. The molecule has 0 radical (unpaired) electrons. The number of fused-ring (bicyclic) bond motifs is 1. The Morgan fingerprint density at radius 3 is 2.85 bits per heavy atom. The van der Waals surface area contributed by atoms with E-state index in [2.05, 4.69) is 25.1 Å². The van der Waals surface area contributed by atoms with Crippen LogP contribution in [0.2, 0.25) is 0 Å². The largest absolute Gasteiger partial charge is 0.369 e. The lowest BCUT2D eigenvalue weighted by atomic mass is 10.5. The molecule has 0 bridgehead atoms. The third-order valence-electron chi connectivity index (χ3n) is 1.46. The van der Waals surface area contributed by atoms with Crippen LogP contribution >= 0.6 is 0 Å². The number of nitrogen functional groups attached to an aromatic ring is 1. The number of rotatable bonds is 0. The number of hydrogen-bond acceptors (Lipinski definition) is 6.